The lowest BCUT2D eigenvalue weighted by Crippen LogP contribution is -2.87. The first-order chi connectivity index (χ1) is 12.9. The highest BCUT2D eigenvalue weighted by molar-refractivity contribution is 5.95. The molecule has 5 nitrogen and oxygen atoms in total. The Morgan fingerprint density at radius 3 is 2.56 bits per heavy atom. The predicted octanol–water partition coefficient (Wildman–Crippen LogP) is 1.91. The quantitative estimate of drug-likeness (QED) is 0.658. The number of amides is 2. The van der Waals surface area contributed by atoms with E-state index in [1.165, 1.54) is 12.1 Å². The lowest BCUT2D eigenvalue weighted by atomic mass is 10.1. The van der Waals surface area contributed by atoms with Crippen LogP contribution in [0.15, 0.2) is 42.5 Å². The van der Waals surface area contributed by atoms with Crippen molar-refractivity contribution in [2.45, 2.75) is 26.3 Å². The SMILES string of the molecule is CCc1ccccc1NC(=O)CNC(=O)C[NH2+][C@@H](C)c1ccc(F)cc1F. The van der Waals surface area contributed by atoms with Gasteiger partial charge in [-0.1, -0.05) is 25.1 Å². The number of anilines is 1. The number of benzene rings is 2. The van der Waals surface area contributed by atoms with Crippen LogP contribution < -0.4 is 16.0 Å². The Morgan fingerprint density at radius 1 is 1.11 bits per heavy atom. The maximum atomic E-state index is 13.7. The maximum Gasteiger partial charge on any atom is 0.275 e. The minimum Gasteiger partial charge on any atom is -0.342 e. The third-order valence-electron chi connectivity index (χ3n) is 4.23. The van der Waals surface area contributed by atoms with Crippen LogP contribution in [0.2, 0.25) is 0 Å². The Kier molecular flexibility index (Phi) is 7.43. The molecule has 0 bridgehead atoms. The van der Waals surface area contributed by atoms with E-state index in [4.69, 9.17) is 0 Å². The molecule has 0 unspecified atom stereocenters. The zero-order chi connectivity index (χ0) is 19.8. The van der Waals surface area contributed by atoms with Gasteiger partial charge in [-0.3, -0.25) is 9.59 Å². The van der Waals surface area contributed by atoms with Gasteiger partial charge in [0.1, 0.15) is 17.7 Å². The third kappa shape index (κ3) is 6.14. The van der Waals surface area contributed by atoms with E-state index >= 15 is 0 Å². The van der Waals surface area contributed by atoms with Crippen molar-refractivity contribution in [3.05, 3.63) is 65.2 Å². The molecule has 2 amide bonds. The molecule has 2 aromatic rings. The molecule has 2 aromatic carbocycles. The first-order valence-electron chi connectivity index (χ1n) is 8.83. The van der Waals surface area contributed by atoms with Crippen molar-refractivity contribution in [3.8, 4) is 0 Å². The number of para-hydroxylation sites is 1. The monoisotopic (exact) mass is 376 g/mol. The lowest BCUT2D eigenvalue weighted by Gasteiger charge is -2.12. The Hall–Kier alpha value is -2.80. The Labute approximate surface area is 157 Å². The highest BCUT2D eigenvalue weighted by Crippen LogP contribution is 2.15. The van der Waals surface area contributed by atoms with Crippen LogP contribution in [0.4, 0.5) is 14.5 Å². The highest BCUT2D eigenvalue weighted by atomic mass is 19.1. The van der Waals surface area contributed by atoms with E-state index in [1.807, 2.05) is 31.2 Å². The second-order valence-electron chi connectivity index (χ2n) is 6.23. The topological polar surface area (TPSA) is 74.8 Å². The summed E-state index contributed by atoms with van der Waals surface area (Å²) in [6, 6.07) is 10.5. The van der Waals surface area contributed by atoms with E-state index < -0.39 is 11.6 Å². The summed E-state index contributed by atoms with van der Waals surface area (Å²) >= 11 is 0. The second-order valence-corrected chi connectivity index (χ2v) is 6.23. The van der Waals surface area contributed by atoms with Crippen LogP contribution in [0, 0.1) is 11.6 Å². The number of rotatable bonds is 8. The Bertz CT molecular complexity index is 812. The van der Waals surface area contributed by atoms with Crippen molar-refractivity contribution in [2.24, 2.45) is 0 Å². The molecule has 0 aliphatic rings. The van der Waals surface area contributed by atoms with Crippen LogP contribution in [0.25, 0.3) is 0 Å². The van der Waals surface area contributed by atoms with Gasteiger partial charge in [0, 0.05) is 17.3 Å². The summed E-state index contributed by atoms with van der Waals surface area (Å²) in [5.41, 5.74) is 2.06. The molecular formula is C20H24F2N3O2+. The number of aryl methyl sites for hydroxylation is 1. The average molecular weight is 376 g/mol. The predicted molar refractivity (Wildman–Crippen MR) is 99.0 cm³/mol. The van der Waals surface area contributed by atoms with Crippen molar-refractivity contribution in [1.82, 2.24) is 5.32 Å². The van der Waals surface area contributed by atoms with Crippen LogP contribution in [0.3, 0.4) is 0 Å². The van der Waals surface area contributed by atoms with E-state index in [-0.39, 0.29) is 30.9 Å². The molecule has 0 fully saturated rings. The number of hydrogen-bond acceptors (Lipinski definition) is 2. The van der Waals surface area contributed by atoms with Gasteiger partial charge >= 0.3 is 0 Å². The molecule has 144 valence electrons. The van der Waals surface area contributed by atoms with E-state index in [2.05, 4.69) is 10.6 Å². The van der Waals surface area contributed by atoms with Crippen LogP contribution in [-0.4, -0.2) is 24.9 Å². The molecule has 0 aromatic heterocycles. The number of nitrogens with two attached hydrogens (primary N) is 1. The molecule has 0 saturated carbocycles. The summed E-state index contributed by atoms with van der Waals surface area (Å²) in [6.45, 7) is 3.59. The molecule has 0 aliphatic carbocycles. The van der Waals surface area contributed by atoms with Gasteiger partial charge < -0.3 is 16.0 Å². The van der Waals surface area contributed by atoms with Gasteiger partial charge in [0.2, 0.25) is 5.91 Å². The van der Waals surface area contributed by atoms with Crippen molar-refractivity contribution in [3.63, 3.8) is 0 Å². The number of carbonyl (C=O) groups is 2. The van der Waals surface area contributed by atoms with Crippen LogP contribution in [-0.2, 0) is 16.0 Å². The van der Waals surface area contributed by atoms with E-state index in [9.17, 15) is 18.4 Å². The van der Waals surface area contributed by atoms with Gasteiger partial charge in [-0.05, 0) is 37.1 Å². The minimum atomic E-state index is -0.645. The van der Waals surface area contributed by atoms with Crippen LogP contribution in [0.1, 0.15) is 31.0 Å². The van der Waals surface area contributed by atoms with Crippen molar-refractivity contribution >= 4 is 17.5 Å². The minimum absolute atomic E-state index is 0.0246. The highest BCUT2D eigenvalue weighted by Gasteiger charge is 2.16. The van der Waals surface area contributed by atoms with Crippen molar-refractivity contribution < 1.29 is 23.7 Å². The summed E-state index contributed by atoms with van der Waals surface area (Å²) in [5, 5.41) is 6.93. The zero-order valence-electron chi connectivity index (χ0n) is 15.4. The molecule has 2 rings (SSSR count). The van der Waals surface area contributed by atoms with E-state index in [0.29, 0.717) is 5.56 Å². The summed E-state index contributed by atoms with van der Waals surface area (Å²) in [6.07, 6.45) is 0.787. The zero-order valence-corrected chi connectivity index (χ0v) is 15.4. The standard InChI is InChI=1S/C20H23F2N3O2/c1-3-14-6-4-5-7-18(14)25-20(27)12-24-19(26)11-23-13(2)16-9-8-15(21)10-17(16)22/h4-10,13,23H,3,11-12H2,1-2H3,(H,24,26)(H,25,27)/p+1/t13-/m0/s1. The molecule has 27 heavy (non-hydrogen) atoms. The van der Waals surface area contributed by atoms with Gasteiger partial charge in [0.05, 0.1) is 6.54 Å². The fourth-order valence-electron chi connectivity index (χ4n) is 2.68. The first-order valence-corrected chi connectivity index (χ1v) is 8.83. The molecule has 0 heterocycles. The van der Waals surface area contributed by atoms with E-state index in [1.54, 1.807) is 12.2 Å². The third-order valence-corrected chi connectivity index (χ3v) is 4.23. The van der Waals surface area contributed by atoms with Crippen molar-refractivity contribution in [2.75, 3.05) is 18.4 Å². The fourth-order valence-corrected chi connectivity index (χ4v) is 2.68. The van der Waals surface area contributed by atoms with Crippen molar-refractivity contribution in [1.29, 1.82) is 0 Å². The smallest absolute Gasteiger partial charge is 0.275 e. The summed E-state index contributed by atoms with van der Waals surface area (Å²) in [5.74, 6) is -1.95. The van der Waals surface area contributed by atoms with Gasteiger partial charge in [0.15, 0.2) is 6.54 Å². The average Bonchev–Trinajstić information content (AvgIpc) is 2.65. The molecule has 0 aliphatic heterocycles. The second kappa shape index (κ2) is 9.78. The molecular weight excluding hydrogens is 352 g/mol. The van der Waals surface area contributed by atoms with Gasteiger partial charge in [0.25, 0.3) is 5.91 Å². The summed E-state index contributed by atoms with van der Waals surface area (Å²) in [7, 11) is 0. The lowest BCUT2D eigenvalue weighted by molar-refractivity contribution is -0.682. The summed E-state index contributed by atoms with van der Waals surface area (Å²) in [4.78, 5) is 23.9. The van der Waals surface area contributed by atoms with Crippen LogP contribution in [0.5, 0.6) is 0 Å². The molecule has 4 N–H and O–H groups in total. The number of carbonyl (C=O) groups excluding carboxylic acids is 2. The maximum absolute atomic E-state index is 13.7. The molecule has 0 saturated heterocycles. The Morgan fingerprint density at radius 2 is 1.85 bits per heavy atom. The largest absolute Gasteiger partial charge is 0.342 e. The normalized spacial score (nSPS) is 11.7. The Balaban J connectivity index is 1.78. The van der Waals surface area contributed by atoms with E-state index in [0.717, 1.165) is 23.7 Å². The number of hydrogen-bond donors (Lipinski definition) is 3. The summed E-state index contributed by atoms with van der Waals surface area (Å²) < 4.78 is 26.7. The first kappa shape index (κ1) is 20.5. The van der Waals surface area contributed by atoms with Gasteiger partial charge in [-0.25, -0.2) is 8.78 Å². The molecule has 7 heteroatoms. The molecule has 0 spiro atoms. The number of nitrogens with one attached hydrogen (secondary N) is 2. The number of quaternary nitrogens is 1. The molecule has 1 atom stereocenters. The van der Waals surface area contributed by atoms with Gasteiger partial charge in [-0.2, -0.15) is 0 Å². The van der Waals surface area contributed by atoms with Gasteiger partial charge in [-0.15, -0.1) is 0 Å². The van der Waals surface area contributed by atoms with Crippen LogP contribution >= 0.6 is 0 Å². The molecule has 0 radical (unpaired) electrons. The number of halogens is 2. The fraction of sp³-hybridized carbons (Fsp3) is 0.300.